The minimum atomic E-state index is 0.322. The molecule has 1 fully saturated rings. The lowest BCUT2D eigenvalue weighted by Gasteiger charge is -2.38. The van der Waals surface area contributed by atoms with Crippen molar-refractivity contribution < 1.29 is 4.74 Å². The molecule has 1 aliphatic heterocycles. The van der Waals surface area contributed by atoms with E-state index < -0.39 is 0 Å². The van der Waals surface area contributed by atoms with E-state index in [4.69, 9.17) is 4.74 Å². The van der Waals surface area contributed by atoms with Gasteiger partial charge in [-0.15, -0.1) is 0 Å². The van der Waals surface area contributed by atoms with Crippen LogP contribution in [0.25, 0.3) is 0 Å². The van der Waals surface area contributed by atoms with Crippen molar-refractivity contribution in [1.29, 1.82) is 0 Å². The molecule has 0 aromatic carbocycles. The fraction of sp³-hybridized carbons (Fsp3) is 0.800. The topological polar surface area (TPSA) is 39.1 Å². The SMILES string of the molecule is Cc1cc(CC2(CNC(C)C)CCOCC2)n(C)n1. The molecular formula is C15H27N3O. The van der Waals surface area contributed by atoms with Crippen molar-refractivity contribution in [3.63, 3.8) is 0 Å². The van der Waals surface area contributed by atoms with Gasteiger partial charge in [0.2, 0.25) is 0 Å². The largest absolute Gasteiger partial charge is 0.381 e. The molecule has 1 N–H and O–H groups in total. The van der Waals surface area contributed by atoms with E-state index in [9.17, 15) is 0 Å². The highest BCUT2D eigenvalue weighted by atomic mass is 16.5. The van der Waals surface area contributed by atoms with Gasteiger partial charge >= 0.3 is 0 Å². The Morgan fingerprint density at radius 3 is 2.63 bits per heavy atom. The Balaban J connectivity index is 2.10. The van der Waals surface area contributed by atoms with Crippen molar-refractivity contribution in [2.75, 3.05) is 19.8 Å². The molecule has 2 heterocycles. The van der Waals surface area contributed by atoms with Crippen LogP contribution in [0, 0.1) is 12.3 Å². The van der Waals surface area contributed by atoms with Crippen molar-refractivity contribution in [2.45, 2.75) is 46.1 Å². The summed E-state index contributed by atoms with van der Waals surface area (Å²) in [5, 5.41) is 8.09. The Morgan fingerprint density at radius 1 is 1.42 bits per heavy atom. The smallest absolute Gasteiger partial charge is 0.0596 e. The van der Waals surface area contributed by atoms with Crippen molar-refractivity contribution in [1.82, 2.24) is 15.1 Å². The number of nitrogens with zero attached hydrogens (tertiary/aromatic N) is 2. The zero-order valence-electron chi connectivity index (χ0n) is 12.7. The summed E-state index contributed by atoms with van der Waals surface area (Å²) in [5.74, 6) is 0. The molecule has 1 aromatic rings. The summed E-state index contributed by atoms with van der Waals surface area (Å²) in [6.07, 6.45) is 3.36. The predicted octanol–water partition coefficient (Wildman–Crippen LogP) is 2.07. The molecule has 108 valence electrons. The molecule has 1 aliphatic rings. The van der Waals surface area contributed by atoms with Gasteiger partial charge in [0.1, 0.15) is 0 Å². The number of rotatable bonds is 5. The normalized spacial score (nSPS) is 19.0. The molecule has 0 radical (unpaired) electrons. The molecule has 4 nitrogen and oxygen atoms in total. The van der Waals surface area contributed by atoms with E-state index in [2.05, 4.69) is 37.3 Å². The number of hydrogen-bond donors (Lipinski definition) is 1. The predicted molar refractivity (Wildman–Crippen MR) is 77.3 cm³/mol. The van der Waals surface area contributed by atoms with Crippen LogP contribution in [0.15, 0.2) is 6.07 Å². The molecule has 0 aliphatic carbocycles. The first-order valence-electron chi connectivity index (χ1n) is 7.31. The summed E-state index contributed by atoms with van der Waals surface area (Å²) in [4.78, 5) is 0. The van der Waals surface area contributed by atoms with E-state index in [1.54, 1.807) is 0 Å². The Kier molecular flexibility index (Phi) is 4.63. The molecule has 0 spiro atoms. The third kappa shape index (κ3) is 3.80. The molecular weight excluding hydrogens is 238 g/mol. The number of aromatic nitrogens is 2. The molecule has 1 aromatic heterocycles. The molecule has 0 bridgehead atoms. The van der Waals surface area contributed by atoms with Gasteiger partial charge in [-0.25, -0.2) is 0 Å². The molecule has 2 rings (SSSR count). The fourth-order valence-electron chi connectivity index (χ4n) is 2.85. The van der Waals surface area contributed by atoms with E-state index in [1.165, 1.54) is 5.69 Å². The van der Waals surface area contributed by atoms with Gasteiger partial charge in [0.05, 0.1) is 5.69 Å². The van der Waals surface area contributed by atoms with Gasteiger partial charge < -0.3 is 10.1 Å². The highest BCUT2D eigenvalue weighted by molar-refractivity contribution is 5.11. The first-order valence-corrected chi connectivity index (χ1v) is 7.31. The molecule has 0 atom stereocenters. The Labute approximate surface area is 116 Å². The summed E-state index contributed by atoms with van der Waals surface area (Å²) < 4.78 is 7.58. The highest BCUT2D eigenvalue weighted by Crippen LogP contribution is 2.34. The molecule has 0 amide bonds. The number of ether oxygens (including phenoxy) is 1. The van der Waals surface area contributed by atoms with Gasteiger partial charge in [0.25, 0.3) is 0 Å². The maximum absolute atomic E-state index is 5.55. The summed E-state index contributed by atoms with van der Waals surface area (Å²) in [7, 11) is 2.05. The van der Waals surface area contributed by atoms with Gasteiger partial charge in [-0.2, -0.15) is 5.10 Å². The second-order valence-electron chi connectivity index (χ2n) is 6.23. The molecule has 0 saturated carbocycles. The van der Waals surface area contributed by atoms with Crippen LogP contribution in [0.5, 0.6) is 0 Å². The van der Waals surface area contributed by atoms with Crippen LogP contribution in [0.1, 0.15) is 38.1 Å². The van der Waals surface area contributed by atoms with Gasteiger partial charge in [-0.05, 0) is 37.7 Å². The zero-order chi connectivity index (χ0) is 13.9. The van der Waals surface area contributed by atoms with Crippen molar-refractivity contribution in [3.8, 4) is 0 Å². The quantitative estimate of drug-likeness (QED) is 0.886. The van der Waals surface area contributed by atoms with Crippen LogP contribution < -0.4 is 5.32 Å². The van der Waals surface area contributed by atoms with Gasteiger partial charge in [-0.3, -0.25) is 4.68 Å². The van der Waals surface area contributed by atoms with Gasteiger partial charge in [-0.1, -0.05) is 13.8 Å². The van der Waals surface area contributed by atoms with E-state index in [0.717, 1.165) is 44.7 Å². The number of nitrogens with one attached hydrogen (secondary N) is 1. The van der Waals surface area contributed by atoms with Crippen molar-refractivity contribution >= 4 is 0 Å². The second-order valence-corrected chi connectivity index (χ2v) is 6.23. The molecule has 19 heavy (non-hydrogen) atoms. The monoisotopic (exact) mass is 265 g/mol. The van der Waals surface area contributed by atoms with Crippen LogP contribution in [0.3, 0.4) is 0 Å². The van der Waals surface area contributed by atoms with Crippen LogP contribution in [-0.2, 0) is 18.2 Å². The third-order valence-electron chi connectivity index (χ3n) is 4.09. The first kappa shape index (κ1) is 14.5. The lowest BCUT2D eigenvalue weighted by atomic mass is 9.76. The minimum absolute atomic E-state index is 0.322. The van der Waals surface area contributed by atoms with Crippen molar-refractivity contribution in [3.05, 3.63) is 17.5 Å². The van der Waals surface area contributed by atoms with Crippen LogP contribution in [-0.4, -0.2) is 35.6 Å². The Morgan fingerprint density at radius 2 is 2.11 bits per heavy atom. The average Bonchev–Trinajstić information content (AvgIpc) is 2.66. The Bertz CT molecular complexity index is 406. The van der Waals surface area contributed by atoms with E-state index >= 15 is 0 Å². The second kappa shape index (κ2) is 6.06. The molecule has 4 heteroatoms. The average molecular weight is 265 g/mol. The lowest BCUT2D eigenvalue weighted by molar-refractivity contribution is 0.0132. The number of aryl methyl sites for hydroxylation is 2. The summed E-state index contributed by atoms with van der Waals surface area (Å²) in [6.45, 7) is 9.32. The maximum atomic E-state index is 5.55. The van der Waals surface area contributed by atoms with Gasteiger partial charge in [0, 0.05) is 38.5 Å². The first-order chi connectivity index (χ1) is 9.01. The third-order valence-corrected chi connectivity index (χ3v) is 4.09. The zero-order valence-corrected chi connectivity index (χ0v) is 12.7. The minimum Gasteiger partial charge on any atom is -0.381 e. The van der Waals surface area contributed by atoms with E-state index in [-0.39, 0.29) is 0 Å². The van der Waals surface area contributed by atoms with Crippen LogP contribution >= 0.6 is 0 Å². The summed E-state index contributed by atoms with van der Waals surface area (Å²) in [5.41, 5.74) is 2.77. The van der Waals surface area contributed by atoms with E-state index in [0.29, 0.717) is 11.5 Å². The highest BCUT2D eigenvalue weighted by Gasteiger charge is 2.33. The molecule has 1 saturated heterocycles. The van der Waals surface area contributed by atoms with Crippen molar-refractivity contribution in [2.24, 2.45) is 12.5 Å². The summed E-state index contributed by atoms with van der Waals surface area (Å²) >= 11 is 0. The van der Waals surface area contributed by atoms with Crippen LogP contribution in [0.2, 0.25) is 0 Å². The molecule has 0 unspecified atom stereocenters. The summed E-state index contributed by atoms with van der Waals surface area (Å²) in [6, 6.07) is 2.75. The van der Waals surface area contributed by atoms with Gasteiger partial charge in [0.15, 0.2) is 0 Å². The Hall–Kier alpha value is -0.870. The lowest BCUT2D eigenvalue weighted by Crippen LogP contribution is -2.43. The number of hydrogen-bond acceptors (Lipinski definition) is 3. The maximum Gasteiger partial charge on any atom is 0.0596 e. The van der Waals surface area contributed by atoms with Crippen LogP contribution in [0.4, 0.5) is 0 Å². The fourth-order valence-corrected chi connectivity index (χ4v) is 2.85. The van der Waals surface area contributed by atoms with E-state index in [1.807, 2.05) is 11.7 Å². The standard InChI is InChI=1S/C15H27N3O/c1-12(2)16-11-15(5-7-19-8-6-15)10-14-9-13(3)17-18(14)4/h9,12,16H,5-8,10-11H2,1-4H3.